The summed E-state index contributed by atoms with van der Waals surface area (Å²) < 4.78 is 5.90. The Labute approximate surface area is 109 Å². The Morgan fingerprint density at radius 3 is 2.94 bits per heavy atom. The fourth-order valence-corrected chi connectivity index (χ4v) is 2.11. The number of H-pyrrole nitrogens is 1. The van der Waals surface area contributed by atoms with Gasteiger partial charge in [0.05, 0.1) is 0 Å². The van der Waals surface area contributed by atoms with Crippen LogP contribution in [0.3, 0.4) is 0 Å². The maximum Gasteiger partial charge on any atom is 0.214 e. The van der Waals surface area contributed by atoms with Crippen LogP contribution in [0.15, 0.2) is 18.2 Å². The van der Waals surface area contributed by atoms with Crippen molar-refractivity contribution in [3.8, 4) is 5.75 Å². The van der Waals surface area contributed by atoms with Gasteiger partial charge >= 0.3 is 0 Å². The van der Waals surface area contributed by atoms with Crippen molar-refractivity contribution in [2.24, 2.45) is 0 Å². The molecule has 1 heterocycles. The minimum Gasteiger partial charge on any atom is -0.482 e. The quantitative estimate of drug-likeness (QED) is 0.922. The second-order valence-electron chi connectivity index (χ2n) is 4.49. The first kappa shape index (κ1) is 11.5. The largest absolute Gasteiger partial charge is 0.482 e. The molecule has 1 aromatic carbocycles. The molecular formula is C12H13ClN4O. The molecule has 1 unspecified atom stereocenters. The molecule has 5 nitrogen and oxygen atoms in total. The minimum absolute atomic E-state index is 0.234. The standard InChI is InChI=1S/C12H13ClN4O/c1-7(12-14-16-17-15-12)18-11-5-4-9(13)6-10(11)8-2-3-8/h4-8H,2-3H2,1H3,(H,14,15,16,17). The van der Waals surface area contributed by atoms with E-state index in [0.717, 1.165) is 10.8 Å². The lowest BCUT2D eigenvalue weighted by Gasteiger charge is -2.15. The molecule has 1 N–H and O–H groups in total. The molecule has 1 aliphatic rings. The molecule has 1 fully saturated rings. The first-order chi connectivity index (χ1) is 8.74. The summed E-state index contributed by atoms with van der Waals surface area (Å²) in [5.74, 6) is 1.99. The van der Waals surface area contributed by atoms with Crippen LogP contribution >= 0.6 is 11.6 Å². The average Bonchev–Trinajstić information content (AvgIpc) is 3.05. The molecule has 0 spiro atoms. The molecule has 0 bridgehead atoms. The topological polar surface area (TPSA) is 63.7 Å². The van der Waals surface area contributed by atoms with E-state index in [-0.39, 0.29) is 6.10 Å². The number of hydrogen-bond donors (Lipinski definition) is 1. The van der Waals surface area contributed by atoms with Crippen LogP contribution in [0, 0.1) is 0 Å². The van der Waals surface area contributed by atoms with Gasteiger partial charge in [0, 0.05) is 5.02 Å². The Kier molecular flexibility index (Phi) is 2.91. The van der Waals surface area contributed by atoms with E-state index in [1.165, 1.54) is 18.4 Å². The van der Waals surface area contributed by atoms with Gasteiger partial charge in [-0.1, -0.05) is 16.8 Å². The van der Waals surface area contributed by atoms with Gasteiger partial charge in [0.25, 0.3) is 0 Å². The molecule has 3 rings (SSSR count). The van der Waals surface area contributed by atoms with Crippen LogP contribution in [0.2, 0.25) is 5.02 Å². The molecule has 6 heteroatoms. The third-order valence-corrected chi connectivity index (χ3v) is 3.25. The molecule has 0 saturated heterocycles. The van der Waals surface area contributed by atoms with Crippen LogP contribution in [0.1, 0.15) is 43.2 Å². The van der Waals surface area contributed by atoms with Crippen molar-refractivity contribution in [1.82, 2.24) is 20.6 Å². The van der Waals surface area contributed by atoms with Gasteiger partial charge in [0.2, 0.25) is 5.82 Å². The monoisotopic (exact) mass is 264 g/mol. The SMILES string of the molecule is CC(Oc1ccc(Cl)cc1C1CC1)c1nn[nH]n1. The van der Waals surface area contributed by atoms with Gasteiger partial charge in [-0.15, -0.1) is 10.2 Å². The summed E-state index contributed by atoms with van der Waals surface area (Å²) in [4.78, 5) is 0. The first-order valence-corrected chi connectivity index (χ1v) is 6.31. The fraction of sp³-hybridized carbons (Fsp3) is 0.417. The summed E-state index contributed by atoms with van der Waals surface area (Å²) in [5.41, 5.74) is 1.18. The van der Waals surface area contributed by atoms with E-state index in [1.54, 1.807) is 0 Å². The Balaban J connectivity index is 1.83. The summed E-state index contributed by atoms with van der Waals surface area (Å²) in [7, 11) is 0. The van der Waals surface area contributed by atoms with Crippen molar-refractivity contribution in [2.75, 3.05) is 0 Å². The zero-order chi connectivity index (χ0) is 12.5. The summed E-state index contributed by atoms with van der Waals surface area (Å²) in [6.45, 7) is 1.90. The van der Waals surface area contributed by atoms with Gasteiger partial charge in [-0.25, -0.2) is 0 Å². The van der Waals surface area contributed by atoms with E-state index in [2.05, 4.69) is 20.6 Å². The highest BCUT2D eigenvalue weighted by Crippen LogP contribution is 2.45. The van der Waals surface area contributed by atoms with E-state index < -0.39 is 0 Å². The first-order valence-electron chi connectivity index (χ1n) is 5.93. The number of nitrogens with zero attached hydrogens (tertiary/aromatic N) is 3. The Bertz CT molecular complexity index is 539. The van der Waals surface area contributed by atoms with Crippen LogP contribution in [-0.4, -0.2) is 20.6 Å². The number of aromatic nitrogens is 4. The highest BCUT2D eigenvalue weighted by Gasteiger charge is 2.28. The Hall–Kier alpha value is -1.62. The van der Waals surface area contributed by atoms with Crippen molar-refractivity contribution >= 4 is 11.6 Å². The molecule has 0 amide bonds. The number of rotatable bonds is 4. The zero-order valence-corrected chi connectivity index (χ0v) is 10.7. The fourth-order valence-electron chi connectivity index (χ4n) is 1.92. The smallest absolute Gasteiger partial charge is 0.214 e. The van der Waals surface area contributed by atoms with E-state index in [1.807, 2.05) is 25.1 Å². The van der Waals surface area contributed by atoms with Crippen LogP contribution in [0.4, 0.5) is 0 Å². The Morgan fingerprint density at radius 1 is 1.44 bits per heavy atom. The molecular weight excluding hydrogens is 252 g/mol. The summed E-state index contributed by atoms with van der Waals surface area (Å²) in [5, 5.41) is 14.5. The number of aromatic amines is 1. The third-order valence-electron chi connectivity index (χ3n) is 3.02. The van der Waals surface area contributed by atoms with Crippen LogP contribution in [0.5, 0.6) is 5.75 Å². The van der Waals surface area contributed by atoms with Gasteiger partial charge in [-0.2, -0.15) is 5.21 Å². The predicted octanol–water partition coefficient (Wildman–Crippen LogP) is 2.87. The minimum atomic E-state index is -0.234. The van der Waals surface area contributed by atoms with Gasteiger partial charge < -0.3 is 4.74 Å². The zero-order valence-electron chi connectivity index (χ0n) is 9.93. The molecule has 0 aliphatic heterocycles. The van der Waals surface area contributed by atoms with Crippen LogP contribution in [-0.2, 0) is 0 Å². The van der Waals surface area contributed by atoms with Gasteiger partial charge in [0.1, 0.15) is 5.75 Å². The van der Waals surface area contributed by atoms with Crippen molar-refractivity contribution < 1.29 is 4.74 Å². The third kappa shape index (κ3) is 2.31. The number of ether oxygens (including phenoxy) is 1. The van der Waals surface area contributed by atoms with Crippen molar-refractivity contribution in [1.29, 1.82) is 0 Å². The van der Waals surface area contributed by atoms with E-state index in [0.29, 0.717) is 11.7 Å². The van der Waals surface area contributed by atoms with Crippen LogP contribution in [0.25, 0.3) is 0 Å². The molecule has 94 valence electrons. The maximum atomic E-state index is 6.03. The molecule has 1 aromatic heterocycles. The summed E-state index contributed by atoms with van der Waals surface area (Å²) in [6, 6.07) is 5.73. The molecule has 1 saturated carbocycles. The molecule has 1 aliphatic carbocycles. The maximum absolute atomic E-state index is 6.03. The van der Waals surface area contributed by atoms with Crippen molar-refractivity contribution in [2.45, 2.75) is 31.8 Å². The molecule has 1 atom stereocenters. The van der Waals surface area contributed by atoms with Gasteiger partial charge in [-0.05, 0) is 49.4 Å². The summed E-state index contributed by atoms with van der Waals surface area (Å²) in [6.07, 6.45) is 2.17. The number of benzene rings is 1. The van der Waals surface area contributed by atoms with Gasteiger partial charge in [0.15, 0.2) is 6.10 Å². The highest BCUT2D eigenvalue weighted by molar-refractivity contribution is 6.30. The normalized spacial score (nSPS) is 16.6. The lowest BCUT2D eigenvalue weighted by molar-refractivity contribution is 0.214. The highest BCUT2D eigenvalue weighted by atomic mass is 35.5. The molecule has 2 aromatic rings. The van der Waals surface area contributed by atoms with Crippen LogP contribution < -0.4 is 4.74 Å². The lowest BCUT2D eigenvalue weighted by Crippen LogP contribution is -2.06. The Morgan fingerprint density at radius 2 is 2.28 bits per heavy atom. The number of halogens is 1. The van der Waals surface area contributed by atoms with Gasteiger partial charge in [-0.3, -0.25) is 0 Å². The van der Waals surface area contributed by atoms with Crippen molar-refractivity contribution in [3.63, 3.8) is 0 Å². The van der Waals surface area contributed by atoms with E-state index in [9.17, 15) is 0 Å². The van der Waals surface area contributed by atoms with Crippen molar-refractivity contribution in [3.05, 3.63) is 34.6 Å². The number of tetrazole rings is 1. The lowest BCUT2D eigenvalue weighted by atomic mass is 10.1. The predicted molar refractivity (Wildman–Crippen MR) is 66.6 cm³/mol. The van der Waals surface area contributed by atoms with E-state index in [4.69, 9.17) is 16.3 Å². The second-order valence-corrected chi connectivity index (χ2v) is 4.92. The molecule has 0 radical (unpaired) electrons. The number of nitrogens with one attached hydrogen (secondary N) is 1. The number of hydrogen-bond acceptors (Lipinski definition) is 4. The summed E-state index contributed by atoms with van der Waals surface area (Å²) >= 11 is 6.03. The second kappa shape index (κ2) is 4.57. The van der Waals surface area contributed by atoms with E-state index >= 15 is 0 Å². The average molecular weight is 265 g/mol. The molecule has 18 heavy (non-hydrogen) atoms.